The molecule has 1 fully saturated rings. The first kappa shape index (κ1) is 15.3. The maximum absolute atomic E-state index is 12.8. The van der Waals surface area contributed by atoms with Crippen molar-refractivity contribution in [3.8, 4) is 11.3 Å². The van der Waals surface area contributed by atoms with Crippen LogP contribution in [0.15, 0.2) is 22.7 Å². The van der Waals surface area contributed by atoms with Crippen LogP contribution in [0, 0.1) is 6.92 Å². The summed E-state index contributed by atoms with van der Waals surface area (Å²) in [5, 5.41) is 8.12. The summed E-state index contributed by atoms with van der Waals surface area (Å²) in [6.45, 7) is 4.57. The van der Waals surface area contributed by atoms with E-state index in [1.54, 1.807) is 30.0 Å². The van der Waals surface area contributed by atoms with Crippen molar-refractivity contribution in [1.29, 1.82) is 0 Å². The molecule has 0 atom stereocenters. The lowest BCUT2D eigenvalue weighted by Crippen LogP contribution is -2.46. The lowest BCUT2D eigenvalue weighted by atomic mass is 10.0. The third-order valence-electron chi connectivity index (χ3n) is 3.68. The number of nitrogens with one attached hydrogen (secondary N) is 1. The van der Waals surface area contributed by atoms with Crippen LogP contribution >= 0.6 is 23.2 Å². The number of benzene rings is 1. The third-order valence-corrected chi connectivity index (χ3v) is 4.31. The molecule has 22 heavy (non-hydrogen) atoms. The standard InChI is InChI=1S/C15H15Cl2N3O2/c1-9-12(15(21)20-7-5-18-6-8-20)14(19-22-9)13-10(16)3-2-4-11(13)17/h2-4,18H,5-8H2,1H3. The van der Waals surface area contributed by atoms with Gasteiger partial charge in [0.05, 0.1) is 10.0 Å². The molecule has 1 aromatic heterocycles. The Morgan fingerprint density at radius 2 is 1.91 bits per heavy atom. The quantitative estimate of drug-likeness (QED) is 0.913. The highest BCUT2D eigenvalue weighted by Crippen LogP contribution is 2.37. The molecule has 0 saturated carbocycles. The Balaban J connectivity index is 2.06. The number of carbonyl (C=O) groups is 1. The summed E-state index contributed by atoms with van der Waals surface area (Å²) in [4.78, 5) is 14.6. The van der Waals surface area contributed by atoms with E-state index in [4.69, 9.17) is 27.7 Å². The number of carbonyl (C=O) groups excluding carboxylic acids is 1. The Morgan fingerprint density at radius 3 is 2.55 bits per heavy atom. The molecular weight excluding hydrogens is 325 g/mol. The second kappa shape index (κ2) is 6.28. The van der Waals surface area contributed by atoms with E-state index in [9.17, 15) is 4.79 Å². The van der Waals surface area contributed by atoms with E-state index in [0.29, 0.717) is 45.7 Å². The van der Waals surface area contributed by atoms with Crippen molar-refractivity contribution in [2.24, 2.45) is 0 Å². The van der Waals surface area contributed by atoms with E-state index in [-0.39, 0.29) is 5.91 Å². The van der Waals surface area contributed by atoms with Crippen molar-refractivity contribution in [3.05, 3.63) is 39.6 Å². The first-order chi connectivity index (χ1) is 10.6. The van der Waals surface area contributed by atoms with Crippen molar-refractivity contribution in [2.45, 2.75) is 6.92 Å². The fourth-order valence-electron chi connectivity index (χ4n) is 2.54. The molecule has 2 aromatic rings. The number of halogens is 2. The molecule has 0 aliphatic carbocycles. The largest absolute Gasteiger partial charge is 0.360 e. The smallest absolute Gasteiger partial charge is 0.259 e. The maximum Gasteiger partial charge on any atom is 0.259 e. The molecule has 2 heterocycles. The van der Waals surface area contributed by atoms with Crippen LogP contribution < -0.4 is 5.32 Å². The van der Waals surface area contributed by atoms with Gasteiger partial charge in [-0.3, -0.25) is 4.79 Å². The number of hydrogen-bond acceptors (Lipinski definition) is 4. The molecule has 3 rings (SSSR count). The van der Waals surface area contributed by atoms with Gasteiger partial charge in [-0.25, -0.2) is 0 Å². The summed E-state index contributed by atoms with van der Waals surface area (Å²) in [6.07, 6.45) is 0. The van der Waals surface area contributed by atoms with Gasteiger partial charge in [-0.05, 0) is 19.1 Å². The molecule has 1 aliphatic heterocycles. The molecule has 1 aliphatic rings. The number of rotatable bonds is 2. The zero-order valence-electron chi connectivity index (χ0n) is 12.0. The Morgan fingerprint density at radius 1 is 1.27 bits per heavy atom. The Bertz CT molecular complexity index is 689. The molecule has 1 saturated heterocycles. The summed E-state index contributed by atoms with van der Waals surface area (Å²) in [7, 11) is 0. The van der Waals surface area contributed by atoms with Crippen molar-refractivity contribution in [3.63, 3.8) is 0 Å². The highest BCUT2D eigenvalue weighted by atomic mass is 35.5. The minimum absolute atomic E-state index is 0.105. The normalized spacial score (nSPS) is 15.1. The van der Waals surface area contributed by atoms with Crippen LogP contribution in [0.25, 0.3) is 11.3 Å². The molecule has 1 amide bonds. The summed E-state index contributed by atoms with van der Waals surface area (Å²) in [5.74, 6) is 0.362. The molecule has 7 heteroatoms. The van der Waals surface area contributed by atoms with E-state index in [1.807, 2.05) is 0 Å². The van der Waals surface area contributed by atoms with Crippen molar-refractivity contribution < 1.29 is 9.32 Å². The predicted octanol–water partition coefficient (Wildman–Crippen LogP) is 3.00. The summed E-state index contributed by atoms with van der Waals surface area (Å²) >= 11 is 12.5. The van der Waals surface area contributed by atoms with Crippen LogP contribution in [0.5, 0.6) is 0 Å². The first-order valence-electron chi connectivity index (χ1n) is 7.00. The highest BCUT2D eigenvalue weighted by molar-refractivity contribution is 6.39. The monoisotopic (exact) mass is 339 g/mol. The zero-order chi connectivity index (χ0) is 15.7. The van der Waals surface area contributed by atoms with Gasteiger partial charge >= 0.3 is 0 Å². The van der Waals surface area contributed by atoms with Crippen molar-refractivity contribution >= 4 is 29.1 Å². The van der Waals surface area contributed by atoms with E-state index in [0.717, 1.165) is 13.1 Å². The SMILES string of the molecule is Cc1onc(-c2c(Cl)cccc2Cl)c1C(=O)N1CCNCC1. The number of piperazine rings is 1. The lowest BCUT2D eigenvalue weighted by molar-refractivity contribution is 0.0734. The van der Waals surface area contributed by atoms with Crippen LogP contribution in [0.3, 0.4) is 0 Å². The van der Waals surface area contributed by atoms with Gasteiger partial charge in [0.2, 0.25) is 0 Å². The van der Waals surface area contributed by atoms with Gasteiger partial charge in [0.25, 0.3) is 5.91 Å². The van der Waals surface area contributed by atoms with E-state index in [2.05, 4.69) is 10.5 Å². The molecule has 116 valence electrons. The summed E-state index contributed by atoms with van der Waals surface area (Å²) in [5.41, 5.74) is 1.36. The lowest BCUT2D eigenvalue weighted by Gasteiger charge is -2.27. The number of aryl methyl sites for hydroxylation is 1. The van der Waals surface area contributed by atoms with Crippen LogP contribution in [-0.4, -0.2) is 42.1 Å². The Labute approximate surface area is 138 Å². The molecule has 5 nitrogen and oxygen atoms in total. The van der Waals surface area contributed by atoms with Crippen LogP contribution in [-0.2, 0) is 0 Å². The first-order valence-corrected chi connectivity index (χ1v) is 7.76. The van der Waals surface area contributed by atoms with Gasteiger partial charge in [-0.1, -0.05) is 34.4 Å². The molecule has 0 radical (unpaired) electrons. The Hall–Kier alpha value is -1.56. The molecule has 0 spiro atoms. The zero-order valence-corrected chi connectivity index (χ0v) is 13.5. The Kier molecular flexibility index (Phi) is 4.38. The van der Waals surface area contributed by atoms with Crippen LogP contribution in [0.2, 0.25) is 10.0 Å². The fourth-order valence-corrected chi connectivity index (χ4v) is 3.12. The second-order valence-electron chi connectivity index (χ2n) is 5.10. The summed E-state index contributed by atoms with van der Waals surface area (Å²) < 4.78 is 5.24. The average molecular weight is 340 g/mol. The second-order valence-corrected chi connectivity index (χ2v) is 5.92. The fraction of sp³-hybridized carbons (Fsp3) is 0.333. The number of hydrogen-bond donors (Lipinski definition) is 1. The van der Waals surface area contributed by atoms with Crippen molar-refractivity contribution in [2.75, 3.05) is 26.2 Å². The van der Waals surface area contributed by atoms with Gasteiger partial charge in [-0.15, -0.1) is 0 Å². The van der Waals surface area contributed by atoms with E-state index >= 15 is 0 Å². The number of nitrogens with zero attached hydrogens (tertiary/aromatic N) is 2. The average Bonchev–Trinajstić information content (AvgIpc) is 2.89. The maximum atomic E-state index is 12.8. The predicted molar refractivity (Wildman–Crippen MR) is 85.5 cm³/mol. The molecule has 1 N–H and O–H groups in total. The van der Waals surface area contributed by atoms with Crippen LogP contribution in [0.4, 0.5) is 0 Å². The third kappa shape index (κ3) is 2.72. The van der Waals surface area contributed by atoms with Gasteiger partial charge < -0.3 is 14.7 Å². The topological polar surface area (TPSA) is 58.4 Å². The molecule has 0 bridgehead atoms. The molecule has 1 aromatic carbocycles. The minimum Gasteiger partial charge on any atom is -0.360 e. The van der Waals surface area contributed by atoms with Crippen molar-refractivity contribution in [1.82, 2.24) is 15.4 Å². The van der Waals surface area contributed by atoms with Gasteiger partial charge in [0.15, 0.2) is 0 Å². The number of aromatic nitrogens is 1. The summed E-state index contributed by atoms with van der Waals surface area (Å²) in [6, 6.07) is 5.18. The van der Waals surface area contributed by atoms with Gasteiger partial charge in [-0.2, -0.15) is 0 Å². The molecule has 0 unspecified atom stereocenters. The number of amides is 1. The van der Waals surface area contributed by atoms with Crippen LogP contribution in [0.1, 0.15) is 16.1 Å². The van der Waals surface area contributed by atoms with E-state index < -0.39 is 0 Å². The minimum atomic E-state index is -0.105. The van der Waals surface area contributed by atoms with E-state index in [1.165, 1.54) is 0 Å². The van der Waals surface area contributed by atoms with Gasteiger partial charge in [0, 0.05) is 31.7 Å². The highest BCUT2D eigenvalue weighted by Gasteiger charge is 2.28. The van der Waals surface area contributed by atoms with Gasteiger partial charge in [0.1, 0.15) is 17.0 Å². The molecular formula is C15H15Cl2N3O2.